The quantitative estimate of drug-likeness (QED) is 0.576. The van der Waals surface area contributed by atoms with Crippen molar-refractivity contribution >= 4 is 11.6 Å². The Morgan fingerprint density at radius 2 is 2.29 bits per heavy atom. The van der Waals surface area contributed by atoms with Gasteiger partial charge in [0.15, 0.2) is 6.61 Å². The van der Waals surface area contributed by atoms with Crippen LogP contribution >= 0.6 is 0 Å². The van der Waals surface area contributed by atoms with Crippen LogP contribution in [0, 0.1) is 21.8 Å². The van der Waals surface area contributed by atoms with Crippen molar-refractivity contribution in [3.63, 3.8) is 0 Å². The molecule has 0 saturated heterocycles. The number of hydrogen-bond acceptors (Lipinski definition) is 5. The second kappa shape index (κ2) is 6.49. The van der Waals surface area contributed by atoms with Gasteiger partial charge in [0.1, 0.15) is 5.75 Å². The highest BCUT2D eigenvalue weighted by Crippen LogP contribution is 2.32. The van der Waals surface area contributed by atoms with E-state index >= 15 is 0 Å². The molecule has 3 N–H and O–H groups in total. The molecule has 1 aliphatic rings. The van der Waals surface area contributed by atoms with Gasteiger partial charge in [0, 0.05) is 24.7 Å². The molecular weight excluding hydrogens is 281 g/mol. The highest BCUT2D eigenvalue weighted by molar-refractivity contribution is 5.78. The van der Waals surface area contributed by atoms with Crippen molar-refractivity contribution in [3.05, 3.63) is 34.1 Å². The van der Waals surface area contributed by atoms with Crippen LogP contribution in [0.1, 0.15) is 12.8 Å². The van der Waals surface area contributed by atoms with Gasteiger partial charge in [-0.25, -0.2) is 0 Å². The van der Waals surface area contributed by atoms with E-state index < -0.39 is 16.4 Å². The molecule has 1 amide bonds. The molecule has 0 aromatic heterocycles. The van der Waals surface area contributed by atoms with Gasteiger partial charge in [-0.05, 0) is 24.8 Å². The molecular formula is C13H16FN3O4. The molecule has 0 bridgehead atoms. The van der Waals surface area contributed by atoms with Gasteiger partial charge >= 0.3 is 5.69 Å². The Morgan fingerprint density at radius 1 is 1.57 bits per heavy atom. The summed E-state index contributed by atoms with van der Waals surface area (Å²) >= 11 is 0. The Hall–Kier alpha value is -2.22. The van der Waals surface area contributed by atoms with Crippen LogP contribution in [0.4, 0.5) is 10.1 Å². The molecule has 1 fully saturated rings. The van der Waals surface area contributed by atoms with E-state index in [0.717, 1.165) is 25.0 Å². The summed E-state index contributed by atoms with van der Waals surface area (Å²) in [7, 11) is 0. The summed E-state index contributed by atoms with van der Waals surface area (Å²) in [4.78, 5) is 21.3. The van der Waals surface area contributed by atoms with Gasteiger partial charge in [-0.2, -0.15) is 4.39 Å². The monoisotopic (exact) mass is 297 g/mol. The number of carbonyl (C=O) groups excluding carboxylic acids is 1. The number of carbonyl (C=O) groups is 1. The highest BCUT2D eigenvalue weighted by Gasteiger charge is 2.31. The molecule has 1 atom stereocenters. The molecule has 0 aliphatic heterocycles. The first kappa shape index (κ1) is 15.2. The van der Waals surface area contributed by atoms with E-state index in [1.807, 2.05) is 0 Å². The van der Waals surface area contributed by atoms with Gasteiger partial charge in [0.25, 0.3) is 5.91 Å². The Morgan fingerprint density at radius 3 is 2.81 bits per heavy atom. The molecule has 0 radical (unpaired) electrons. The molecule has 1 unspecified atom stereocenters. The van der Waals surface area contributed by atoms with Gasteiger partial charge in [-0.15, -0.1) is 0 Å². The third-order valence-electron chi connectivity index (χ3n) is 3.28. The van der Waals surface area contributed by atoms with Crippen molar-refractivity contribution in [2.24, 2.45) is 11.7 Å². The molecule has 1 aromatic carbocycles. The molecule has 21 heavy (non-hydrogen) atoms. The lowest BCUT2D eigenvalue weighted by Crippen LogP contribution is -2.43. The molecule has 0 spiro atoms. The lowest BCUT2D eigenvalue weighted by Gasteiger charge is -2.16. The number of amides is 1. The minimum Gasteiger partial charge on any atom is -0.484 e. The van der Waals surface area contributed by atoms with E-state index in [4.69, 9.17) is 10.5 Å². The van der Waals surface area contributed by atoms with Gasteiger partial charge in [-0.3, -0.25) is 14.9 Å². The van der Waals surface area contributed by atoms with E-state index in [1.54, 1.807) is 0 Å². The zero-order valence-corrected chi connectivity index (χ0v) is 11.3. The first-order valence-corrected chi connectivity index (χ1v) is 6.57. The number of ether oxygens (including phenoxy) is 1. The molecule has 114 valence electrons. The van der Waals surface area contributed by atoms with Gasteiger partial charge < -0.3 is 15.8 Å². The topological polar surface area (TPSA) is 107 Å². The van der Waals surface area contributed by atoms with Crippen LogP contribution in [-0.2, 0) is 4.79 Å². The fourth-order valence-corrected chi connectivity index (χ4v) is 1.99. The van der Waals surface area contributed by atoms with E-state index in [0.29, 0.717) is 12.5 Å². The fraction of sp³-hybridized carbons (Fsp3) is 0.462. The van der Waals surface area contributed by atoms with Crippen LogP contribution in [0.25, 0.3) is 0 Å². The predicted molar refractivity (Wildman–Crippen MR) is 72.3 cm³/mol. The number of halogens is 1. The van der Waals surface area contributed by atoms with Crippen LogP contribution in [0.5, 0.6) is 5.75 Å². The molecule has 1 aliphatic carbocycles. The molecule has 7 nitrogen and oxygen atoms in total. The Bertz CT molecular complexity index is 548. The number of hydrogen-bond donors (Lipinski definition) is 2. The Balaban J connectivity index is 1.86. The van der Waals surface area contributed by atoms with E-state index in [1.165, 1.54) is 6.07 Å². The van der Waals surface area contributed by atoms with E-state index in [2.05, 4.69) is 5.32 Å². The van der Waals surface area contributed by atoms with Crippen molar-refractivity contribution in [1.29, 1.82) is 0 Å². The fourth-order valence-electron chi connectivity index (χ4n) is 1.99. The maximum atomic E-state index is 13.4. The molecule has 1 aromatic rings. The maximum absolute atomic E-state index is 13.4. The standard InChI is InChI=1S/C13H16FN3O4/c14-10-5-9(3-4-12(10)17(19)20)21-7-13(18)16-11(6-15)8-1-2-8/h3-5,8,11H,1-2,6-7,15H2,(H,16,18). The maximum Gasteiger partial charge on any atom is 0.305 e. The van der Waals surface area contributed by atoms with Crippen LogP contribution in [0.3, 0.4) is 0 Å². The predicted octanol–water partition coefficient (Wildman–Crippen LogP) is 0.966. The minimum atomic E-state index is -1.00. The van der Waals surface area contributed by atoms with Crippen molar-refractivity contribution < 1.29 is 18.8 Å². The van der Waals surface area contributed by atoms with Gasteiger partial charge in [0.2, 0.25) is 5.82 Å². The number of nitro benzene ring substituents is 1. The molecule has 8 heteroatoms. The number of rotatable bonds is 7. The summed E-state index contributed by atoms with van der Waals surface area (Å²) in [5.41, 5.74) is 4.93. The van der Waals surface area contributed by atoms with Crippen molar-refractivity contribution in [2.75, 3.05) is 13.2 Å². The zero-order valence-electron chi connectivity index (χ0n) is 11.3. The average molecular weight is 297 g/mol. The van der Waals surface area contributed by atoms with Crippen LogP contribution in [0.2, 0.25) is 0 Å². The third kappa shape index (κ3) is 4.12. The van der Waals surface area contributed by atoms with Crippen molar-refractivity contribution in [2.45, 2.75) is 18.9 Å². The summed E-state index contributed by atoms with van der Waals surface area (Å²) in [5, 5.41) is 13.2. The number of benzene rings is 1. The number of nitrogens with one attached hydrogen (secondary N) is 1. The van der Waals surface area contributed by atoms with Gasteiger partial charge in [0.05, 0.1) is 4.92 Å². The molecule has 0 heterocycles. The average Bonchev–Trinajstić information content (AvgIpc) is 3.26. The summed E-state index contributed by atoms with van der Waals surface area (Å²) in [6.07, 6.45) is 2.10. The van der Waals surface area contributed by atoms with Crippen LogP contribution < -0.4 is 15.8 Å². The highest BCUT2D eigenvalue weighted by atomic mass is 19.1. The second-order valence-electron chi connectivity index (χ2n) is 4.91. The number of nitrogens with two attached hydrogens (primary N) is 1. The number of nitro groups is 1. The van der Waals surface area contributed by atoms with E-state index in [9.17, 15) is 19.3 Å². The Labute approximate surface area is 120 Å². The largest absolute Gasteiger partial charge is 0.484 e. The lowest BCUT2D eigenvalue weighted by atomic mass is 10.2. The smallest absolute Gasteiger partial charge is 0.305 e. The summed E-state index contributed by atoms with van der Waals surface area (Å²) in [6.45, 7) is 0.0725. The Kier molecular flexibility index (Phi) is 4.69. The molecule has 2 rings (SSSR count). The zero-order chi connectivity index (χ0) is 15.4. The second-order valence-corrected chi connectivity index (χ2v) is 4.91. The SMILES string of the molecule is NCC(NC(=O)COc1ccc([N+](=O)[O-])c(F)c1)C1CC1. The normalized spacial score (nSPS) is 15.3. The van der Waals surface area contributed by atoms with Gasteiger partial charge in [-0.1, -0.05) is 0 Å². The van der Waals surface area contributed by atoms with Crippen LogP contribution in [0.15, 0.2) is 18.2 Å². The van der Waals surface area contributed by atoms with Crippen molar-refractivity contribution in [1.82, 2.24) is 5.32 Å². The van der Waals surface area contributed by atoms with Crippen molar-refractivity contribution in [3.8, 4) is 5.75 Å². The first-order chi connectivity index (χ1) is 10.0. The minimum absolute atomic E-state index is 0.0592. The summed E-state index contributed by atoms with van der Waals surface area (Å²) < 4.78 is 18.5. The summed E-state index contributed by atoms with van der Waals surface area (Å²) in [5.74, 6) is -0.869. The van der Waals surface area contributed by atoms with Crippen LogP contribution in [-0.4, -0.2) is 30.0 Å². The van der Waals surface area contributed by atoms with E-state index in [-0.39, 0.29) is 24.3 Å². The number of nitrogens with zero attached hydrogens (tertiary/aromatic N) is 1. The lowest BCUT2D eigenvalue weighted by molar-refractivity contribution is -0.387. The summed E-state index contributed by atoms with van der Waals surface area (Å²) in [6, 6.07) is 3.06. The molecule has 1 saturated carbocycles. The first-order valence-electron chi connectivity index (χ1n) is 6.57. The third-order valence-corrected chi connectivity index (χ3v) is 3.28.